The second-order valence-electron chi connectivity index (χ2n) is 10.1. The maximum Gasteiger partial charge on any atom is 0.0342 e. The molecule has 3 fully saturated rings. The average molecular weight is 293 g/mol. The Morgan fingerprint density at radius 2 is 1.24 bits per heavy atom. The maximum atomic E-state index is 6.43. The quantitative estimate of drug-likeness (QED) is 0.800. The van der Waals surface area contributed by atoms with Gasteiger partial charge in [-0.25, -0.2) is 0 Å². The zero-order valence-corrected chi connectivity index (χ0v) is 14.8. The summed E-state index contributed by atoms with van der Waals surface area (Å²) in [5.41, 5.74) is 7.54. The van der Waals surface area contributed by atoms with E-state index in [2.05, 4.69) is 32.6 Å². The lowest BCUT2D eigenvalue weighted by Crippen LogP contribution is -2.61. The molecule has 0 bridgehead atoms. The zero-order chi connectivity index (χ0) is 15.3. The van der Waals surface area contributed by atoms with Crippen molar-refractivity contribution in [2.24, 2.45) is 28.4 Å². The van der Waals surface area contributed by atoms with E-state index in [1.54, 1.807) is 0 Å². The monoisotopic (exact) mass is 292 g/mol. The van der Waals surface area contributed by atoms with E-state index in [1.165, 1.54) is 58.0 Å². The molecular weight excluding hydrogens is 256 g/mol. The summed E-state index contributed by atoms with van der Waals surface area (Å²) < 4.78 is 0. The average Bonchev–Trinajstić information content (AvgIpc) is 3.18. The molecule has 0 spiro atoms. The maximum absolute atomic E-state index is 6.43. The minimum absolute atomic E-state index is 0.260. The van der Waals surface area contributed by atoms with Crippen LogP contribution in [0.3, 0.4) is 0 Å². The number of nitrogens with zero attached hydrogens (tertiary/aromatic N) is 1. The van der Waals surface area contributed by atoms with E-state index >= 15 is 0 Å². The van der Waals surface area contributed by atoms with Crippen LogP contribution in [-0.2, 0) is 0 Å². The first-order chi connectivity index (χ1) is 9.74. The van der Waals surface area contributed by atoms with Crippen LogP contribution in [-0.4, -0.2) is 30.1 Å². The molecule has 0 aliphatic heterocycles. The van der Waals surface area contributed by atoms with Gasteiger partial charge in [0.05, 0.1) is 0 Å². The van der Waals surface area contributed by atoms with Crippen LogP contribution in [0.5, 0.6) is 0 Å². The third-order valence-electron chi connectivity index (χ3n) is 5.97. The van der Waals surface area contributed by atoms with Crippen LogP contribution >= 0.6 is 0 Å². The molecule has 122 valence electrons. The Morgan fingerprint density at radius 1 is 0.810 bits per heavy atom. The predicted molar refractivity (Wildman–Crippen MR) is 90.2 cm³/mol. The van der Waals surface area contributed by atoms with E-state index in [0.717, 1.165) is 18.4 Å². The van der Waals surface area contributed by atoms with Gasteiger partial charge in [-0.2, -0.15) is 0 Å². The highest BCUT2D eigenvalue weighted by molar-refractivity contribution is 5.06. The minimum Gasteiger partial charge on any atom is -0.329 e. The van der Waals surface area contributed by atoms with Gasteiger partial charge in [-0.1, -0.05) is 27.7 Å². The van der Waals surface area contributed by atoms with Gasteiger partial charge in [-0.3, -0.25) is 4.90 Å². The molecule has 3 aliphatic rings. The summed E-state index contributed by atoms with van der Waals surface area (Å²) in [5, 5.41) is 0. The highest BCUT2D eigenvalue weighted by Crippen LogP contribution is 2.53. The molecule has 0 unspecified atom stereocenters. The summed E-state index contributed by atoms with van der Waals surface area (Å²) in [6, 6.07) is 0. The standard InChI is InChI=1S/C19H36N2/c1-17(2)11-18(3,4)13-19(12-17,14-20)21(9-15-5-6-15)10-16-7-8-16/h15-16H,5-14,20H2,1-4H3. The van der Waals surface area contributed by atoms with Crippen LogP contribution in [0.25, 0.3) is 0 Å². The van der Waals surface area contributed by atoms with Gasteiger partial charge < -0.3 is 5.73 Å². The minimum atomic E-state index is 0.260. The predicted octanol–water partition coefficient (Wildman–Crippen LogP) is 4.04. The molecule has 3 saturated carbocycles. The first-order valence-electron chi connectivity index (χ1n) is 9.19. The molecule has 0 aromatic heterocycles. The molecule has 3 aliphatic carbocycles. The Kier molecular flexibility index (Phi) is 3.94. The normalized spacial score (nSPS) is 30.6. The summed E-state index contributed by atoms with van der Waals surface area (Å²) in [7, 11) is 0. The van der Waals surface area contributed by atoms with Crippen LogP contribution in [0.4, 0.5) is 0 Å². The van der Waals surface area contributed by atoms with Gasteiger partial charge in [0, 0.05) is 25.2 Å². The summed E-state index contributed by atoms with van der Waals surface area (Å²) in [4.78, 5) is 2.87. The van der Waals surface area contributed by atoms with Crippen molar-refractivity contribution in [3.63, 3.8) is 0 Å². The molecule has 0 radical (unpaired) electrons. The lowest BCUT2D eigenvalue weighted by Gasteiger charge is -2.56. The fourth-order valence-corrected chi connectivity index (χ4v) is 5.45. The van der Waals surface area contributed by atoms with Gasteiger partial charge in [-0.05, 0) is 67.6 Å². The molecule has 2 N–H and O–H groups in total. The fraction of sp³-hybridized carbons (Fsp3) is 1.00. The van der Waals surface area contributed by atoms with Crippen molar-refractivity contribution in [1.82, 2.24) is 4.90 Å². The molecular formula is C19H36N2. The highest BCUT2D eigenvalue weighted by Gasteiger charge is 2.51. The number of hydrogen-bond acceptors (Lipinski definition) is 2. The number of rotatable bonds is 6. The lowest BCUT2D eigenvalue weighted by molar-refractivity contribution is -0.0477. The second kappa shape index (κ2) is 5.23. The van der Waals surface area contributed by atoms with E-state index in [9.17, 15) is 0 Å². The summed E-state index contributed by atoms with van der Waals surface area (Å²) in [6.07, 6.45) is 9.73. The van der Waals surface area contributed by atoms with Crippen LogP contribution in [0, 0.1) is 22.7 Å². The molecule has 0 atom stereocenters. The van der Waals surface area contributed by atoms with Crippen LogP contribution in [0.2, 0.25) is 0 Å². The fourth-order valence-electron chi connectivity index (χ4n) is 5.45. The molecule has 0 aromatic carbocycles. The van der Waals surface area contributed by atoms with Crippen molar-refractivity contribution >= 4 is 0 Å². The Morgan fingerprint density at radius 3 is 1.57 bits per heavy atom. The van der Waals surface area contributed by atoms with Gasteiger partial charge in [0.25, 0.3) is 0 Å². The smallest absolute Gasteiger partial charge is 0.0342 e. The highest BCUT2D eigenvalue weighted by atomic mass is 15.2. The topological polar surface area (TPSA) is 29.3 Å². The van der Waals surface area contributed by atoms with E-state index in [4.69, 9.17) is 5.73 Å². The van der Waals surface area contributed by atoms with E-state index in [1.807, 2.05) is 0 Å². The lowest BCUT2D eigenvalue weighted by atomic mass is 9.57. The van der Waals surface area contributed by atoms with Gasteiger partial charge >= 0.3 is 0 Å². The Bertz CT molecular complexity index is 347. The van der Waals surface area contributed by atoms with Gasteiger partial charge in [0.1, 0.15) is 0 Å². The summed E-state index contributed by atoms with van der Waals surface area (Å²) in [5.74, 6) is 1.95. The molecule has 0 amide bonds. The van der Waals surface area contributed by atoms with Crippen molar-refractivity contribution in [3.8, 4) is 0 Å². The molecule has 0 saturated heterocycles. The first kappa shape index (κ1) is 15.8. The molecule has 0 heterocycles. The molecule has 2 heteroatoms. The Labute approximate surface area is 131 Å². The number of nitrogens with two attached hydrogens (primary N) is 1. The molecule has 2 nitrogen and oxygen atoms in total. The third kappa shape index (κ3) is 3.82. The molecule has 21 heavy (non-hydrogen) atoms. The largest absolute Gasteiger partial charge is 0.329 e. The third-order valence-corrected chi connectivity index (χ3v) is 5.97. The van der Waals surface area contributed by atoms with Gasteiger partial charge in [0.2, 0.25) is 0 Å². The van der Waals surface area contributed by atoms with Crippen molar-refractivity contribution in [1.29, 1.82) is 0 Å². The van der Waals surface area contributed by atoms with E-state index in [0.29, 0.717) is 10.8 Å². The SMILES string of the molecule is CC1(C)CC(C)(C)CC(CN)(N(CC2CC2)CC2CC2)C1. The van der Waals surface area contributed by atoms with Crippen molar-refractivity contribution in [3.05, 3.63) is 0 Å². The zero-order valence-electron chi connectivity index (χ0n) is 14.8. The van der Waals surface area contributed by atoms with Crippen LogP contribution in [0.15, 0.2) is 0 Å². The Balaban J connectivity index is 1.83. The molecule has 0 aromatic rings. The molecule has 3 rings (SSSR count). The van der Waals surface area contributed by atoms with Gasteiger partial charge in [-0.15, -0.1) is 0 Å². The van der Waals surface area contributed by atoms with Crippen molar-refractivity contribution in [2.45, 2.75) is 78.2 Å². The first-order valence-corrected chi connectivity index (χ1v) is 9.19. The van der Waals surface area contributed by atoms with E-state index < -0.39 is 0 Å². The van der Waals surface area contributed by atoms with Crippen molar-refractivity contribution < 1.29 is 0 Å². The Hall–Kier alpha value is -0.0800. The van der Waals surface area contributed by atoms with Gasteiger partial charge in [0.15, 0.2) is 0 Å². The number of hydrogen-bond donors (Lipinski definition) is 1. The summed E-state index contributed by atoms with van der Waals surface area (Å²) in [6.45, 7) is 13.3. The summed E-state index contributed by atoms with van der Waals surface area (Å²) >= 11 is 0. The van der Waals surface area contributed by atoms with Crippen LogP contribution in [0.1, 0.15) is 72.6 Å². The van der Waals surface area contributed by atoms with Crippen LogP contribution < -0.4 is 5.73 Å². The van der Waals surface area contributed by atoms with Crippen molar-refractivity contribution in [2.75, 3.05) is 19.6 Å². The van der Waals surface area contributed by atoms with E-state index in [-0.39, 0.29) is 5.54 Å². The second-order valence-corrected chi connectivity index (χ2v) is 10.1.